The SMILES string of the molecule is CCCC1(C(=O)O)CCN(c2cncc(OC(C)C)n2)C1. The Morgan fingerprint density at radius 1 is 1.52 bits per heavy atom. The standard InChI is InChI=1S/C15H23N3O3/c1-4-5-15(14(19)20)6-7-18(10-15)12-8-16-9-13(17-12)21-11(2)3/h8-9,11H,4-7,10H2,1-3H3,(H,19,20). The number of rotatable bonds is 6. The second kappa shape index (κ2) is 6.28. The molecule has 1 fully saturated rings. The quantitative estimate of drug-likeness (QED) is 0.867. The lowest BCUT2D eigenvalue weighted by atomic mass is 9.83. The molecule has 116 valence electrons. The first-order valence-corrected chi connectivity index (χ1v) is 7.44. The van der Waals surface area contributed by atoms with Gasteiger partial charge in [-0.3, -0.25) is 9.78 Å². The van der Waals surface area contributed by atoms with Crippen LogP contribution in [-0.4, -0.2) is 40.2 Å². The molecule has 0 bridgehead atoms. The van der Waals surface area contributed by atoms with E-state index >= 15 is 0 Å². The van der Waals surface area contributed by atoms with Crippen LogP contribution in [0, 0.1) is 5.41 Å². The first kappa shape index (κ1) is 15.5. The van der Waals surface area contributed by atoms with Gasteiger partial charge in [0.1, 0.15) is 0 Å². The highest BCUT2D eigenvalue weighted by Crippen LogP contribution is 2.37. The van der Waals surface area contributed by atoms with Crippen LogP contribution in [0.5, 0.6) is 5.88 Å². The summed E-state index contributed by atoms with van der Waals surface area (Å²) in [5.41, 5.74) is -0.661. The Labute approximate surface area is 125 Å². The molecule has 21 heavy (non-hydrogen) atoms. The van der Waals surface area contributed by atoms with E-state index in [1.54, 1.807) is 12.4 Å². The first-order valence-electron chi connectivity index (χ1n) is 7.44. The third-order valence-corrected chi connectivity index (χ3v) is 3.82. The molecule has 0 aliphatic carbocycles. The third kappa shape index (κ3) is 3.43. The van der Waals surface area contributed by atoms with Gasteiger partial charge in [0.05, 0.1) is 23.9 Å². The monoisotopic (exact) mass is 293 g/mol. The fourth-order valence-electron chi connectivity index (χ4n) is 2.82. The smallest absolute Gasteiger partial charge is 0.311 e. The zero-order valence-electron chi connectivity index (χ0n) is 12.9. The maximum Gasteiger partial charge on any atom is 0.311 e. The van der Waals surface area contributed by atoms with Gasteiger partial charge in [0, 0.05) is 13.1 Å². The molecular formula is C15H23N3O3. The molecule has 1 N–H and O–H groups in total. The molecule has 0 spiro atoms. The van der Waals surface area contributed by atoms with Crippen LogP contribution in [-0.2, 0) is 4.79 Å². The highest BCUT2D eigenvalue weighted by Gasteiger charge is 2.44. The van der Waals surface area contributed by atoms with E-state index in [-0.39, 0.29) is 6.10 Å². The summed E-state index contributed by atoms with van der Waals surface area (Å²) in [7, 11) is 0. The normalized spacial score (nSPS) is 21.8. The number of hydrogen-bond donors (Lipinski definition) is 1. The van der Waals surface area contributed by atoms with Crippen LogP contribution in [0.15, 0.2) is 12.4 Å². The van der Waals surface area contributed by atoms with Crippen molar-refractivity contribution in [3.63, 3.8) is 0 Å². The molecule has 1 saturated heterocycles. The Morgan fingerprint density at radius 3 is 2.90 bits per heavy atom. The van der Waals surface area contributed by atoms with E-state index in [2.05, 4.69) is 9.97 Å². The average Bonchev–Trinajstić information content (AvgIpc) is 2.84. The molecule has 1 unspecified atom stereocenters. The van der Waals surface area contributed by atoms with Crippen molar-refractivity contribution in [1.82, 2.24) is 9.97 Å². The van der Waals surface area contributed by atoms with Crippen molar-refractivity contribution in [3.8, 4) is 5.88 Å². The van der Waals surface area contributed by atoms with Crippen LogP contribution in [0.2, 0.25) is 0 Å². The van der Waals surface area contributed by atoms with E-state index in [1.165, 1.54) is 0 Å². The summed E-state index contributed by atoms with van der Waals surface area (Å²) < 4.78 is 5.54. The number of anilines is 1. The lowest BCUT2D eigenvalue weighted by Crippen LogP contribution is -2.34. The molecule has 0 aromatic carbocycles. The second-order valence-corrected chi connectivity index (χ2v) is 5.89. The Hall–Kier alpha value is -1.85. The molecule has 1 aliphatic heterocycles. The topological polar surface area (TPSA) is 75.5 Å². The maximum absolute atomic E-state index is 11.6. The molecule has 6 heteroatoms. The van der Waals surface area contributed by atoms with E-state index in [0.717, 1.165) is 6.42 Å². The van der Waals surface area contributed by atoms with Gasteiger partial charge in [-0.05, 0) is 26.7 Å². The van der Waals surface area contributed by atoms with Gasteiger partial charge in [-0.1, -0.05) is 13.3 Å². The maximum atomic E-state index is 11.6. The fraction of sp³-hybridized carbons (Fsp3) is 0.667. The van der Waals surface area contributed by atoms with E-state index in [4.69, 9.17) is 4.74 Å². The van der Waals surface area contributed by atoms with E-state index < -0.39 is 11.4 Å². The number of aromatic nitrogens is 2. The molecule has 1 aromatic heterocycles. The predicted molar refractivity (Wildman–Crippen MR) is 79.6 cm³/mol. The molecule has 1 atom stereocenters. The molecule has 0 radical (unpaired) electrons. The molecule has 0 amide bonds. The summed E-state index contributed by atoms with van der Waals surface area (Å²) in [4.78, 5) is 22.2. The minimum absolute atomic E-state index is 0.0336. The average molecular weight is 293 g/mol. The van der Waals surface area contributed by atoms with Crippen LogP contribution in [0.1, 0.15) is 40.0 Å². The highest BCUT2D eigenvalue weighted by atomic mass is 16.5. The highest BCUT2D eigenvalue weighted by molar-refractivity contribution is 5.76. The Bertz CT molecular complexity index is 507. The Kier molecular flexibility index (Phi) is 4.65. The molecular weight excluding hydrogens is 270 g/mol. The zero-order chi connectivity index (χ0) is 15.5. The van der Waals surface area contributed by atoms with E-state index in [1.807, 2.05) is 25.7 Å². The number of carbonyl (C=O) groups is 1. The Balaban J connectivity index is 2.15. The van der Waals surface area contributed by atoms with E-state index in [0.29, 0.717) is 37.6 Å². The summed E-state index contributed by atoms with van der Waals surface area (Å²) in [5.74, 6) is 0.451. The van der Waals surface area contributed by atoms with Crippen LogP contribution in [0.4, 0.5) is 5.82 Å². The molecule has 2 heterocycles. The van der Waals surface area contributed by atoms with Crippen molar-refractivity contribution in [2.75, 3.05) is 18.0 Å². The van der Waals surface area contributed by atoms with Crippen molar-refractivity contribution >= 4 is 11.8 Å². The van der Waals surface area contributed by atoms with Gasteiger partial charge in [-0.25, -0.2) is 0 Å². The first-order chi connectivity index (χ1) is 9.97. The van der Waals surface area contributed by atoms with Crippen molar-refractivity contribution in [2.45, 2.75) is 46.1 Å². The van der Waals surface area contributed by atoms with Crippen LogP contribution in [0.3, 0.4) is 0 Å². The lowest BCUT2D eigenvalue weighted by molar-refractivity contribution is -0.148. The van der Waals surface area contributed by atoms with Gasteiger partial charge < -0.3 is 14.7 Å². The molecule has 1 aromatic rings. The zero-order valence-corrected chi connectivity index (χ0v) is 12.9. The van der Waals surface area contributed by atoms with Gasteiger partial charge in [0.25, 0.3) is 0 Å². The Morgan fingerprint density at radius 2 is 2.29 bits per heavy atom. The summed E-state index contributed by atoms with van der Waals surface area (Å²) in [6, 6.07) is 0. The molecule has 0 saturated carbocycles. The largest absolute Gasteiger partial charge is 0.481 e. The predicted octanol–water partition coefficient (Wildman–Crippen LogP) is 2.35. The van der Waals surface area contributed by atoms with Gasteiger partial charge >= 0.3 is 5.97 Å². The summed E-state index contributed by atoms with van der Waals surface area (Å²) in [6.45, 7) is 7.05. The van der Waals surface area contributed by atoms with Gasteiger partial charge in [0.15, 0.2) is 5.82 Å². The molecule has 2 rings (SSSR count). The van der Waals surface area contributed by atoms with Gasteiger partial charge in [-0.2, -0.15) is 4.98 Å². The lowest BCUT2D eigenvalue weighted by Gasteiger charge is -2.24. The minimum atomic E-state index is -0.714. The molecule has 6 nitrogen and oxygen atoms in total. The summed E-state index contributed by atoms with van der Waals surface area (Å²) >= 11 is 0. The van der Waals surface area contributed by atoms with Crippen LogP contribution >= 0.6 is 0 Å². The van der Waals surface area contributed by atoms with Crippen molar-refractivity contribution < 1.29 is 14.6 Å². The van der Waals surface area contributed by atoms with Gasteiger partial charge in [-0.15, -0.1) is 0 Å². The van der Waals surface area contributed by atoms with Crippen molar-refractivity contribution in [1.29, 1.82) is 0 Å². The number of aliphatic carboxylic acids is 1. The van der Waals surface area contributed by atoms with E-state index in [9.17, 15) is 9.90 Å². The summed E-state index contributed by atoms with van der Waals surface area (Å²) in [6.07, 6.45) is 5.48. The van der Waals surface area contributed by atoms with Crippen molar-refractivity contribution in [2.24, 2.45) is 5.41 Å². The number of hydrogen-bond acceptors (Lipinski definition) is 5. The van der Waals surface area contributed by atoms with Crippen LogP contribution < -0.4 is 9.64 Å². The number of carboxylic acids is 1. The van der Waals surface area contributed by atoms with Crippen molar-refractivity contribution in [3.05, 3.63) is 12.4 Å². The summed E-state index contributed by atoms with van der Waals surface area (Å²) in [5, 5.41) is 9.55. The number of nitrogens with zero attached hydrogens (tertiary/aromatic N) is 3. The minimum Gasteiger partial charge on any atom is -0.481 e. The third-order valence-electron chi connectivity index (χ3n) is 3.82. The second-order valence-electron chi connectivity index (χ2n) is 5.89. The fourth-order valence-corrected chi connectivity index (χ4v) is 2.82. The number of ether oxygens (including phenoxy) is 1. The van der Waals surface area contributed by atoms with Gasteiger partial charge in [0.2, 0.25) is 5.88 Å². The molecule has 1 aliphatic rings. The van der Waals surface area contributed by atoms with Crippen LogP contribution in [0.25, 0.3) is 0 Å². The number of carboxylic acid groups (broad SMARTS) is 1.